The van der Waals surface area contributed by atoms with Crippen LogP contribution in [0.2, 0.25) is 15.1 Å². The molecule has 1 aromatic heterocycles. The van der Waals surface area contributed by atoms with E-state index in [1.54, 1.807) is 22.9 Å². The zero-order valence-corrected chi connectivity index (χ0v) is 13.4. The third kappa shape index (κ3) is 2.85. The summed E-state index contributed by atoms with van der Waals surface area (Å²) >= 11 is 18.3. The number of benzene rings is 1. The van der Waals surface area contributed by atoms with E-state index in [-0.39, 0.29) is 12.2 Å². The molecule has 3 nitrogen and oxygen atoms in total. The molecule has 0 fully saturated rings. The highest BCUT2D eigenvalue weighted by molar-refractivity contribution is 6.40. The van der Waals surface area contributed by atoms with Crippen molar-refractivity contribution in [1.82, 2.24) is 9.78 Å². The zero-order chi connectivity index (χ0) is 14.9. The molecule has 0 radical (unpaired) electrons. The molecule has 0 amide bonds. The first-order valence-electron chi connectivity index (χ1n) is 6.14. The molecule has 0 aliphatic heterocycles. The van der Waals surface area contributed by atoms with Gasteiger partial charge in [-0.2, -0.15) is 5.10 Å². The molecular weight excluding hydrogens is 319 g/mol. The van der Waals surface area contributed by atoms with E-state index in [1.807, 2.05) is 13.8 Å². The van der Waals surface area contributed by atoms with Gasteiger partial charge in [0.25, 0.3) is 0 Å². The normalized spacial score (nSPS) is 10.8. The summed E-state index contributed by atoms with van der Waals surface area (Å²) < 4.78 is 1.72. The van der Waals surface area contributed by atoms with Crippen LogP contribution in [0.1, 0.15) is 28.7 Å². The Kier molecular flexibility index (Phi) is 4.74. The Bertz CT molecular complexity index is 644. The first-order chi connectivity index (χ1) is 9.45. The summed E-state index contributed by atoms with van der Waals surface area (Å²) in [6, 6.07) is 4.99. The summed E-state index contributed by atoms with van der Waals surface area (Å²) in [5.74, 6) is -0.169. The van der Waals surface area contributed by atoms with Gasteiger partial charge in [-0.05, 0) is 26.0 Å². The Morgan fingerprint density at radius 3 is 2.40 bits per heavy atom. The van der Waals surface area contributed by atoms with E-state index in [0.717, 1.165) is 0 Å². The van der Waals surface area contributed by atoms with Crippen molar-refractivity contribution in [2.45, 2.75) is 26.8 Å². The number of aromatic nitrogens is 2. The molecule has 2 aromatic rings. The summed E-state index contributed by atoms with van der Waals surface area (Å²) in [6.07, 6.45) is 0.122. The van der Waals surface area contributed by atoms with E-state index < -0.39 is 0 Å². The Balaban J connectivity index is 2.38. The van der Waals surface area contributed by atoms with Gasteiger partial charge in [-0.1, -0.05) is 40.9 Å². The predicted octanol–water partition coefficient (Wildman–Crippen LogP) is 4.60. The van der Waals surface area contributed by atoms with Crippen molar-refractivity contribution >= 4 is 40.6 Å². The highest BCUT2D eigenvalue weighted by Crippen LogP contribution is 2.28. The smallest absolute Gasteiger partial charge is 0.171 e. The fourth-order valence-corrected chi connectivity index (χ4v) is 2.85. The number of hydrogen-bond acceptors (Lipinski definition) is 2. The standard InChI is InChI=1S/C14H13Cl3N2O/c1-3-19-11(14(17)8(2)18-19)7-12(20)13-9(15)5-4-6-10(13)16/h4-6H,3,7H2,1-2H3. The molecule has 0 N–H and O–H groups in total. The first-order valence-corrected chi connectivity index (χ1v) is 7.28. The molecule has 0 aliphatic rings. The molecule has 0 spiro atoms. The lowest BCUT2D eigenvalue weighted by Crippen LogP contribution is -2.11. The first kappa shape index (κ1) is 15.4. The quantitative estimate of drug-likeness (QED) is 0.768. The molecular formula is C14H13Cl3N2O. The summed E-state index contributed by atoms with van der Waals surface area (Å²) in [5.41, 5.74) is 1.72. The number of halogens is 3. The van der Waals surface area contributed by atoms with Crippen LogP contribution in [-0.2, 0) is 13.0 Å². The molecule has 1 aromatic carbocycles. The molecule has 0 saturated carbocycles. The van der Waals surface area contributed by atoms with Crippen LogP contribution in [0.5, 0.6) is 0 Å². The minimum absolute atomic E-state index is 0.122. The molecule has 106 valence electrons. The third-order valence-electron chi connectivity index (χ3n) is 3.02. The number of carbonyl (C=O) groups excluding carboxylic acids is 1. The van der Waals surface area contributed by atoms with Gasteiger partial charge >= 0.3 is 0 Å². The van der Waals surface area contributed by atoms with E-state index in [4.69, 9.17) is 34.8 Å². The van der Waals surface area contributed by atoms with Crippen LogP contribution >= 0.6 is 34.8 Å². The van der Waals surface area contributed by atoms with E-state index in [1.165, 1.54) is 0 Å². The molecule has 0 atom stereocenters. The lowest BCUT2D eigenvalue weighted by Gasteiger charge is -2.08. The van der Waals surface area contributed by atoms with Crippen molar-refractivity contribution in [1.29, 1.82) is 0 Å². The largest absolute Gasteiger partial charge is 0.294 e. The number of rotatable bonds is 4. The van der Waals surface area contributed by atoms with Gasteiger partial charge in [0.2, 0.25) is 0 Å². The molecule has 1 heterocycles. The molecule has 0 unspecified atom stereocenters. The number of ketones is 1. The van der Waals surface area contributed by atoms with Gasteiger partial charge in [-0.15, -0.1) is 0 Å². The van der Waals surface area contributed by atoms with E-state index in [2.05, 4.69) is 5.10 Å². The minimum atomic E-state index is -0.169. The number of aryl methyl sites for hydroxylation is 2. The topological polar surface area (TPSA) is 34.9 Å². The number of Topliss-reactive ketones (excluding diaryl/α,β-unsaturated/α-hetero) is 1. The van der Waals surface area contributed by atoms with Crippen molar-refractivity contribution in [3.8, 4) is 0 Å². The fourth-order valence-electron chi connectivity index (χ4n) is 2.04. The van der Waals surface area contributed by atoms with Gasteiger partial charge in [0, 0.05) is 6.54 Å². The van der Waals surface area contributed by atoms with Gasteiger partial charge in [0.05, 0.1) is 38.4 Å². The Hall–Kier alpha value is -1.03. The highest BCUT2D eigenvalue weighted by Gasteiger charge is 2.20. The maximum atomic E-state index is 12.4. The lowest BCUT2D eigenvalue weighted by atomic mass is 10.1. The van der Waals surface area contributed by atoms with Crippen LogP contribution in [0.15, 0.2) is 18.2 Å². The van der Waals surface area contributed by atoms with E-state index >= 15 is 0 Å². The molecule has 0 saturated heterocycles. The number of nitrogens with zero attached hydrogens (tertiary/aromatic N) is 2. The van der Waals surface area contributed by atoms with Crippen LogP contribution in [0.3, 0.4) is 0 Å². The third-order valence-corrected chi connectivity index (χ3v) is 4.14. The maximum Gasteiger partial charge on any atom is 0.171 e. The second-order valence-corrected chi connectivity index (χ2v) is 5.55. The summed E-state index contributed by atoms with van der Waals surface area (Å²) in [6.45, 7) is 4.40. The van der Waals surface area contributed by atoms with Crippen molar-refractivity contribution in [3.63, 3.8) is 0 Å². The van der Waals surface area contributed by atoms with Crippen molar-refractivity contribution in [2.75, 3.05) is 0 Å². The molecule has 2 rings (SSSR count). The summed E-state index contributed by atoms with van der Waals surface area (Å²) in [4.78, 5) is 12.4. The van der Waals surface area contributed by atoms with Crippen LogP contribution in [0.4, 0.5) is 0 Å². The van der Waals surface area contributed by atoms with Gasteiger partial charge < -0.3 is 0 Å². The number of carbonyl (C=O) groups is 1. The van der Waals surface area contributed by atoms with Crippen molar-refractivity contribution in [3.05, 3.63) is 50.2 Å². The average Bonchev–Trinajstić information content (AvgIpc) is 2.66. The second-order valence-electron chi connectivity index (χ2n) is 4.36. The van der Waals surface area contributed by atoms with Gasteiger partial charge in [-0.25, -0.2) is 0 Å². The summed E-state index contributed by atoms with van der Waals surface area (Å²) in [7, 11) is 0. The minimum Gasteiger partial charge on any atom is -0.294 e. The van der Waals surface area contributed by atoms with Crippen molar-refractivity contribution < 1.29 is 4.79 Å². The number of hydrogen-bond donors (Lipinski definition) is 0. The Morgan fingerprint density at radius 2 is 1.85 bits per heavy atom. The SMILES string of the molecule is CCn1nc(C)c(Cl)c1CC(=O)c1c(Cl)cccc1Cl. The second kappa shape index (κ2) is 6.17. The van der Waals surface area contributed by atoms with Gasteiger partial charge in [-0.3, -0.25) is 9.48 Å². The molecule has 20 heavy (non-hydrogen) atoms. The Morgan fingerprint density at radius 1 is 1.25 bits per heavy atom. The average molecular weight is 332 g/mol. The van der Waals surface area contributed by atoms with Crippen LogP contribution in [0, 0.1) is 6.92 Å². The van der Waals surface area contributed by atoms with Crippen LogP contribution in [-0.4, -0.2) is 15.6 Å². The summed E-state index contributed by atoms with van der Waals surface area (Å²) in [5, 5.41) is 5.49. The van der Waals surface area contributed by atoms with Gasteiger partial charge in [0.1, 0.15) is 0 Å². The van der Waals surface area contributed by atoms with Crippen molar-refractivity contribution in [2.24, 2.45) is 0 Å². The van der Waals surface area contributed by atoms with Crippen LogP contribution in [0.25, 0.3) is 0 Å². The molecule has 0 bridgehead atoms. The fraction of sp³-hybridized carbons (Fsp3) is 0.286. The molecule has 0 aliphatic carbocycles. The zero-order valence-electron chi connectivity index (χ0n) is 11.1. The maximum absolute atomic E-state index is 12.4. The van der Waals surface area contributed by atoms with E-state index in [0.29, 0.717) is 38.6 Å². The van der Waals surface area contributed by atoms with Crippen LogP contribution < -0.4 is 0 Å². The lowest BCUT2D eigenvalue weighted by molar-refractivity contribution is 0.0991. The predicted molar refractivity (Wildman–Crippen MR) is 82.1 cm³/mol. The monoisotopic (exact) mass is 330 g/mol. The van der Waals surface area contributed by atoms with Gasteiger partial charge in [0.15, 0.2) is 5.78 Å². The Labute approximate surface area is 132 Å². The molecule has 6 heteroatoms. The highest BCUT2D eigenvalue weighted by atomic mass is 35.5. The van der Waals surface area contributed by atoms with E-state index in [9.17, 15) is 4.79 Å².